The normalized spacial score (nSPS) is 14.9. The van der Waals surface area contributed by atoms with E-state index in [9.17, 15) is 4.79 Å². The summed E-state index contributed by atoms with van der Waals surface area (Å²) in [4.78, 5) is 12.8. The van der Waals surface area contributed by atoms with Gasteiger partial charge in [-0.15, -0.1) is 6.42 Å². The Morgan fingerprint density at radius 1 is 1.15 bits per heavy atom. The monoisotopic (exact) mass is 360 g/mol. The highest BCUT2D eigenvalue weighted by Gasteiger charge is 2.28. The zero-order valence-corrected chi connectivity index (χ0v) is 15.3. The van der Waals surface area contributed by atoms with Crippen molar-refractivity contribution in [1.29, 1.82) is 0 Å². The van der Waals surface area contributed by atoms with E-state index in [1.54, 1.807) is 12.1 Å². The molecule has 0 N–H and O–H groups in total. The zero-order chi connectivity index (χ0) is 19.2. The van der Waals surface area contributed by atoms with E-state index in [4.69, 9.17) is 15.9 Å². The molecule has 1 heterocycles. The summed E-state index contributed by atoms with van der Waals surface area (Å²) in [5, 5.41) is 5.80. The predicted molar refractivity (Wildman–Crippen MR) is 107 cm³/mol. The minimum Gasteiger partial charge on any atom is -0.490 e. The number of terminal acetylenes is 1. The quantitative estimate of drug-likeness (QED) is 0.580. The number of hydrazone groups is 1. The lowest BCUT2D eigenvalue weighted by Gasteiger charge is -2.12. The molecule has 1 aliphatic heterocycles. The molecule has 136 valence electrons. The molecule has 0 radical (unpaired) electrons. The minimum atomic E-state index is -0.163. The van der Waals surface area contributed by atoms with E-state index in [-0.39, 0.29) is 12.5 Å². The van der Waals surface area contributed by atoms with E-state index < -0.39 is 0 Å². The van der Waals surface area contributed by atoms with Gasteiger partial charge in [0.25, 0.3) is 5.91 Å². The van der Waals surface area contributed by atoms with Crippen LogP contribution in [0.5, 0.6) is 11.5 Å². The summed E-state index contributed by atoms with van der Waals surface area (Å²) in [7, 11) is 0. The van der Waals surface area contributed by atoms with Crippen molar-refractivity contribution in [2.45, 2.75) is 13.8 Å². The fraction of sp³-hybridized carbons (Fsp3) is 0.182. The summed E-state index contributed by atoms with van der Waals surface area (Å²) < 4.78 is 11.1. The van der Waals surface area contributed by atoms with Crippen LogP contribution in [-0.4, -0.2) is 24.8 Å². The maximum Gasteiger partial charge on any atom is 0.280 e. The summed E-state index contributed by atoms with van der Waals surface area (Å²) >= 11 is 0. The van der Waals surface area contributed by atoms with E-state index in [1.165, 1.54) is 5.01 Å². The molecule has 0 spiro atoms. The molecule has 0 saturated carbocycles. The fourth-order valence-corrected chi connectivity index (χ4v) is 2.72. The summed E-state index contributed by atoms with van der Waals surface area (Å²) in [6.45, 7) is 4.37. The van der Waals surface area contributed by atoms with Gasteiger partial charge in [-0.2, -0.15) is 10.1 Å². The zero-order valence-electron chi connectivity index (χ0n) is 15.3. The Balaban J connectivity index is 1.90. The van der Waals surface area contributed by atoms with Gasteiger partial charge in [-0.25, -0.2) is 0 Å². The number of benzene rings is 2. The number of hydrogen-bond acceptors (Lipinski definition) is 4. The third kappa shape index (κ3) is 4.01. The maximum atomic E-state index is 12.8. The van der Waals surface area contributed by atoms with E-state index >= 15 is 0 Å². The molecule has 0 saturated heterocycles. The first kappa shape index (κ1) is 18.3. The molecule has 0 fully saturated rings. The average molecular weight is 360 g/mol. The van der Waals surface area contributed by atoms with Crippen LogP contribution >= 0.6 is 0 Å². The first-order valence-corrected chi connectivity index (χ1v) is 8.64. The molecule has 5 heteroatoms. The number of para-hydroxylation sites is 1. The van der Waals surface area contributed by atoms with Crippen LogP contribution in [0.4, 0.5) is 5.69 Å². The molecule has 0 aliphatic carbocycles. The highest BCUT2D eigenvalue weighted by molar-refractivity contribution is 6.32. The maximum absolute atomic E-state index is 12.8. The van der Waals surface area contributed by atoms with Crippen LogP contribution in [0.3, 0.4) is 0 Å². The van der Waals surface area contributed by atoms with Crippen LogP contribution < -0.4 is 14.5 Å². The number of ether oxygens (including phenoxy) is 2. The second kappa shape index (κ2) is 8.24. The number of hydrogen-bond donors (Lipinski definition) is 0. The van der Waals surface area contributed by atoms with Gasteiger partial charge < -0.3 is 9.47 Å². The molecule has 5 nitrogen and oxygen atoms in total. The second-order valence-corrected chi connectivity index (χ2v) is 5.83. The third-order valence-corrected chi connectivity index (χ3v) is 3.95. The molecule has 0 atom stereocenters. The van der Waals surface area contributed by atoms with E-state index in [1.807, 2.05) is 56.3 Å². The molecule has 0 aromatic heterocycles. The largest absolute Gasteiger partial charge is 0.490 e. The Morgan fingerprint density at radius 2 is 1.93 bits per heavy atom. The molecule has 1 amide bonds. The van der Waals surface area contributed by atoms with Crippen LogP contribution in [0.1, 0.15) is 19.4 Å². The van der Waals surface area contributed by atoms with Gasteiger partial charge in [0, 0.05) is 0 Å². The summed E-state index contributed by atoms with van der Waals surface area (Å²) in [5.41, 5.74) is 2.76. The Bertz CT molecular complexity index is 940. The van der Waals surface area contributed by atoms with Crippen LogP contribution in [0, 0.1) is 12.3 Å². The van der Waals surface area contributed by atoms with Crippen LogP contribution in [0.15, 0.2) is 59.2 Å². The minimum absolute atomic E-state index is 0.163. The van der Waals surface area contributed by atoms with Gasteiger partial charge in [-0.1, -0.05) is 30.2 Å². The van der Waals surface area contributed by atoms with E-state index in [0.29, 0.717) is 29.4 Å². The van der Waals surface area contributed by atoms with Crippen molar-refractivity contribution in [2.75, 3.05) is 18.2 Å². The lowest BCUT2D eigenvalue weighted by Crippen LogP contribution is -2.21. The Morgan fingerprint density at radius 3 is 2.63 bits per heavy atom. The molecule has 0 bridgehead atoms. The molecule has 27 heavy (non-hydrogen) atoms. The predicted octanol–water partition coefficient (Wildman–Crippen LogP) is 3.90. The molecule has 2 aromatic rings. The second-order valence-electron chi connectivity index (χ2n) is 5.83. The molecular formula is C22H20N2O3. The van der Waals surface area contributed by atoms with Crippen LogP contribution in [0.25, 0.3) is 6.08 Å². The Hall–Kier alpha value is -3.52. The van der Waals surface area contributed by atoms with Gasteiger partial charge in [0.05, 0.1) is 23.6 Å². The van der Waals surface area contributed by atoms with Gasteiger partial charge in [0.1, 0.15) is 6.61 Å². The fourth-order valence-electron chi connectivity index (χ4n) is 2.72. The SMILES string of the molecule is C#CCOc1ccc(/C=C2\C(=O)N(c3ccccc3)N=C2C)cc1OCC. The van der Waals surface area contributed by atoms with Gasteiger partial charge in [0.15, 0.2) is 11.5 Å². The first-order valence-electron chi connectivity index (χ1n) is 8.64. The van der Waals surface area contributed by atoms with Crippen LogP contribution in [0.2, 0.25) is 0 Å². The molecule has 2 aromatic carbocycles. The van der Waals surface area contributed by atoms with E-state index in [0.717, 1.165) is 11.3 Å². The number of carbonyl (C=O) groups excluding carboxylic acids is 1. The first-order chi connectivity index (χ1) is 13.1. The van der Waals surface area contributed by atoms with Gasteiger partial charge >= 0.3 is 0 Å². The van der Waals surface area contributed by atoms with Crippen molar-refractivity contribution in [3.8, 4) is 23.8 Å². The number of amides is 1. The van der Waals surface area contributed by atoms with Crippen molar-refractivity contribution in [1.82, 2.24) is 0 Å². The number of nitrogens with zero attached hydrogens (tertiary/aromatic N) is 2. The lowest BCUT2D eigenvalue weighted by molar-refractivity contribution is -0.114. The van der Waals surface area contributed by atoms with Gasteiger partial charge in [-0.3, -0.25) is 4.79 Å². The van der Waals surface area contributed by atoms with Crippen LogP contribution in [-0.2, 0) is 4.79 Å². The third-order valence-electron chi connectivity index (χ3n) is 3.95. The molecule has 1 aliphatic rings. The summed E-state index contributed by atoms with van der Waals surface area (Å²) in [5.74, 6) is 3.43. The summed E-state index contributed by atoms with van der Waals surface area (Å²) in [6.07, 6.45) is 7.05. The topological polar surface area (TPSA) is 51.1 Å². The van der Waals surface area contributed by atoms with Gasteiger partial charge in [-0.05, 0) is 49.8 Å². The number of rotatable bonds is 6. The van der Waals surface area contributed by atoms with E-state index in [2.05, 4.69) is 11.0 Å². The Kier molecular flexibility index (Phi) is 5.58. The summed E-state index contributed by atoms with van der Waals surface area (Å²) in [6, 6.07) is 14.8. The van der Waals surface area contributed by atoms with Crippen molar-refractivity contribution in [3.63, 3.8) is 0 Å². The highest BCUT2D eigenvalue weighted by Crippen LogP contribution is 2.31. The van der Waals surface area contributed by atoms with Crippen molar-refractivity contribution >= 4 is 23.4 Å². The Labute approximate surface area is 158 Å². The lowest BCUT2D eigenvalue weighted by atomic mass is 10.1. The van der Waals surface area contributed by atoms with Crippen molar-refractivity contribution in [2.24, 2.45) is 5.10 Å². The number of anilines is 1. The standard InChI is InChI=1S/C22H20N2O3/c1-4-13-27-20-12-11-17(15-21(20)26-5-2)14-19-16(3)23-24(22(19)25)18-9-7-6-8-10-18/h1,6-12,14-15H,5,13H2,2-3H3/b19-14-. The molecule has 3 rings (SSSR count). The molecule has 0 unspecified atom stereocenters. The molecular weight excluding hydrogens is 340 g/mol. The average Bonchev–Trinajstić information content (AvgIpc) is 2.96. The highest BCUT2D eigenvalue weighted by atomic mass is 16.5. The van der Waals surface area contributed by atoms with Crippen molar-refractivity contribution < 1.29 is 14.3 Å². The smallest absolute Gasteiger partial charge is 0.280 e. The number of carbonyl (C=O) groups is 1. The van der Waals surface area contributed by atoms with Gasteiger partial charge in [0.2, 0.25) is 0 Å². The van der Waals surface area contributed by atoms with Crippen molar-refractivity contribution in [3.05, 3.63) is 59.7 Å².